The SMILES string of the molecule is C#CCNC(=O)[C@H](C#N)c1nc(C)c(C)s1. The first-order chi connectivity index (χ1) is 7.60. The van der Waals surface area contributed by atoms with Crippen molar-refractivity contribution < 1.29 is 4.79 Å². The van der Waals surface area contributed by atoms with E-state index in [1.165, 1.54) is 11.3 Å². The minimum atomic E-state index is -0.870. The highest BCUT2D eigenvalue weighted by molar-refractivity contribution is 7.11. The normalized spacial score (nSPS) is 11.2. The molecule has 0 aliphatic carbocycles. The maximum atomic E-state index is 11.6. The Kier molecular flexibility index (Phi) is 4.04. The van der Waals surface area contributed by atoms with E-state index < -0.39 is 11.8 Å². The molecule has 0 saturated carbocycles. The Morgan fingerprint density at radius 2 is 2.38 bits per heavy atom. The summed E-state index contributed by atoms with van der Waals surface area (Å²) in [6.07, 6.45) is 5.02. The molecule has 1 atom stereocenters. The van der Waals surface area contributed by atoms with E-state index in [9.17, 15) is 4.79 Å². The summed E-state index contributed by atoms with van der Waals surface area (Å²) in [6, 6.07) is 1.93. The number of hydrogen-bond donors (Lipinski definition) is 1. The van der Waals surface area contributed by atoms with Crippen molar-refractivity contribution in [2.24, 2.45) is 0 Å². The molecule has 0 aromatic carbocycles. The Morgan fingerprint density at radius 3 is 2.81 bits per heavy atom. The van der Waals surface area contributed by atoms with Gasteiger partial charge in [-0.2, -0.15) is 5.26 Å². The summed E-state index contributed by atoms with van der Waals surface area (Å²) in [5, 5.41) is 12.0. The van der Waals surface area contributed by atoms with Crippen LogP contribution in [0.2, 0.25) is 0 Å². The minimum Gasteiger partial charge on any atom is -0.344 e. The maximum Gasteiger partial charge on any atom is 0.245 e. The molecular weight excluding hydrogens is 222 g/mol. The topological polar surface area (TPSA) is 65.8 Å². The van der Waals surface area contributed by atoms with Crippen LogP contribution in [0.3, 0.4) is 0 Å². The second-order valence-corrected chi connectivity index (χ2v) is 4.41. The number of aromatic nitrogens is 1. The molecule has 1 heterocycles. The molecule has 1 N–H and O–H groups in total. The molecule has 1 rings (SSSR count). The van der Waals surface area contributed by atoms with Crippen molar-refractivity contribution in [3.05, 3.63) is 15.6 Å². The van der Waals surface area contributed by atoms with E-state index in [4.69, 9.17) is 11.7 Å². The van der Waals surface area contributed by atoms with Crippen molar-refractivity contribution in [2.45, 2.75) is 19.8 Å². The highest BCUT2D eigenvalue weighted by Gasteiger charge is 2.23. The average Bonchev–Trinajstić information content (AvgIpc) is 2.57. The number of nitriles is 1. The molecule has 0 fully saturated rings. The van der Waals surface area contributed by atoms with Gasteiger partial charge in [-0.15, -0.1) is 17.8 Å². The van der Waals surface area contributed by atoms with Crippen LogP contribution >= 0.6 is 11.3 Å². The van der Waals surface area contributed by atoms with Crippen LogP contribution in [-0.4, -0.2) is 17.4 Å². The molecule has 4 nitrogen and oxygen atoms in total. The largest absolute Gasteiger partial charge is 0.344 e. The van der Waals surface area contributed by atoms with Crippen molar-refractivity contribution in [2.75, 3.05) is 6.54 Å². The third kappa shape index (κ3) is 2.59. The number of thiazole rings is 1. The van der Waals surface area contributed by atoms with E-state index in [1.54, 1.807) is 0 Å². The van der Waals surface area contributed by atoms with Crippen LogP contribution in [0.1, 0.15) is 21.5 Å². The molecule has 1 aromatic heterocycles. The van der Waals surface area contributed by atoms with Gasteiger partial charge in [-0.1, -0.05) is 5.92 Å². The zero-order chi connectivity index (χ0) is 12.1. The quantitative estimate of drug-likeness (QED) is 0.795. The second kappa shape index (κ2) is 5.29. The van der Waals surface area contributed by atoms with Crippen molar-refractivity contribution in [1.82, 2.24) is 10.3 Å². The molecule has 0 aliphatic rings. The van der Waals surface area contributed by atoms with Crippen LogP contribution < -0.4 is 5.32 Å². The minimum absolute atomic E-state index is 0.125. The third-order valence-electron chi connectivity index (χ3n) is 2.05. The number of rotatable bonds is 3. The lowest BCUT2D eigenvalue weighted by Crippen LogP contribution is -2.28. The molecule has 1 aromatic rings. The van der Waals surface area contributed by atoms with Gasteiger partial charge in [-0.05, 0) is 13.8 Å². The van der Waals surface area contributed by atoms with Gasteiger partial charge in [0.05, 0.1) is 18.3 Å². The molecule has 0 unspecified atom stereocenters. The Balaban J connectivity index is 2.88. The Bertz CT molecular complexity index is 459. The first-order valence-electron chi connectivity index (χ1n) is 4.65. The summed E-state index contributed by atoms with van der Waals surface area (Å²) < 4.78 is 0. The number of amides is 1. The van der Waals surface area contributed by atoms with Crippen LogP contribution in [0, 0.1) is 37.5 Å². The second-order valence-electron chi connectivity index (χ2n) is 3.18. The van der Waals surface area contributed by atoms with Gasteiger partial charge in [0, 0.05) is 4.88 Å². The van der Waals surface area contributed by atoms with Crippen LogP contribution in [0.25, 0.3) is 0 Å². The summed E-state index contributed by atoms with van der Waals surface area (Å²) in [5.74, 6) is 1.02. The zero-order valence-corrected chi connectivity index (χ0v) is 9.89. The lowest BCUT2D eigenvalue weighted by molar-refractivity contribution is -0.121. The molecular formula is C11H11N3OS. The molecule has 0 saturated heterocycles. The number of terminal acetylenes is 1. The zero-order valence-electron chi connectivity index (χ0n) is 9.07. The first kappa shape index (κ1) is 12.2. The van der Waals surface area contributed by atoms with Gasteiger partial charge in [0.25, 0.3) is 0 Å². The fourth-order valence-electron chi connectivity index (χ4n) is 1.09. The molecule has 0 aliphatic heterocycles. The van der Waals surface area contributed by atoms with Gasteiger partial charge in [0.15, 0.2) is 5.92 Å². The lowest BCUT2D eigenvalue weighted by atomic mass is 10.1. The van der Waals surface area contributed by atoms with E-state index in [-0.39, 0.29) is 6.54 Å². The standard InChI is InChI=1S/C11H11N3OS/c1-4-5-13-10(15)9(6-12)11-14-7(2)8(3)16-11/h1,9H,5H2,2-3H3,(H,13,15)/t9-/m0/s1. The number of nitrogens with one attached hydrogen (secondary N) is 1. The summed E-state index contributed by atoms with van der Waals surface area (Å²) >= 11 is 1.36. The summed E-state index contributed by atoms with van der Waals surface area (Å²) in [6.45, 7) is 3.88. The van der Waals surface area contributed by atoms with Crippen molar-refractivity contribution in [1.29, 1.82) is 5.26 Å². The fraction of sp³-hybridized carbons (Fsp3) is 0.364. The molecule has 0 bridgehead atoms. The van der Waals surface area contributed by atoms with Crippen molar-refractivity contribution in [3.63, 3.8) is 0 Å². The summed E-state index contributed by atoms with van der Waals surface area (Å²) in [4.78, 5) is 16.8. The molecule has 0 radical (unpaired) electrons. The monoisotopic (exact) mass is 233 g/mol. The van der Waals surface area contributed by atoms with Gasteiger partial charge in [0.1, 0.15) is 5.01 Å². The maximum absolute atomic E-state index is 11.6. The average molecular weight is 233 g/mol. The van der Waals surface area contributed by atoms with E-state index in [0.717, 1.165) is 10.6 Å². The van der Waals surface area contributed by atoms with Crippen LogP contribution in [0.4, 0.5) is 0 Å². The number of carbonyl (C=O) groups is 1. The van der Waals surface area contributed by atoms with Crippen molar-refractivity contribution in [3.8, 4) is 18.4 Å². The first-order valence-corrected chi connectivity index (χ1v) is 5.46. The number of hydrogen-bond acceptors (Lipinski definition) is 4. The number of aryl methyl sites for hydroxylation is 2. The van der Waals surface area contributed by atoms with Crippen LogP contribution in [0.5, 0.6) is 0 Å². The van der Waals surface area contributed by atoms with E-state index in [2.05, 4.69) is 16.2 Å². The molecule has 1 amide bonds. The summed E-state index contributed by atoms with van der Waals surface area (Å²) in [5.41, 5.74) is 0.852. The number of nitrogens with zero attached hydrogens (tertiary/aromatic N) is 2. The Morgan fingerprint density at radius 1 is 1.69 bits per heavy atom. The van der Waals surface area contributed by atoms with Gasteiger partial charge in [-0.25, -0.2) is 4.98 Å². The third-order valence-corrected chi connectivity index (χ3v) is 3.19. The predicted molar refractivity (Wildman–Crippen MR) is 61.8 cm³/mol. The fourth-order valence-corrected chi connectivity index (χ4v) is 2.05. The molecule has 5 heteroatoms. The molecule has 82 valence electrons. The van der Waals surface area contributed by atoms with E-state index in [0.29, 0.717) is 5.01 Å². The van der Waals surface area contributed by atoms with Crippen LogP contribution in [-0.2, 0) is 4.79 Å². The van der Waals surface area contributed by atoms with Gasteiger partial charge in [0.2, 0.25) is 5.91 Å². The predicted octanol–water partition coefficient (Wildman–Crippen LogP) is 1.12. The summed E-state index contributed by atoms with van der Waals surface area (Å²) in [7, 11) is 0. The Labute approximate surface area is 98.3 Å². The van der Waals surface area contributed by atoms with Crippen molar-refractivity contribution >= 4 is 17.2 Å². The van der Waals surface area contributed by atoms with Gasteiger partial charge >= 0.3 is 0 Å². The number of carbonyl (C=O) groups excluding carboxylic acids is 1. The smallest absolute Gasteiger partial charge is 0.245 e. The van der Waals surface area contributed by atoms with E-state index in [1.807, 2.05) is 19.9 Å². The highest BCUT2D eigenvalue weighted by atomic mass is 32.1. The molecule has 0 spiro atoms. The van der Waals surface area contributed by atoms with Crippen LogP contribution in [0.15, 0.2) is 0 Å². The lowest BCUT2D eigenvalue weighted by Gasteiger charge is -2.04. The highest BCUT2D eigenvalue weighted by Crippen LogP contribution is 2.24. The Hall–Kier alpha value is -1.85. The molecule has 16 heavy (non-hydrogen) atoms. The van der Waals surface area contributed by atoms with E-state index >= 15 is 0 Å². The van der Waals surface area contributed by atoms with Gasteiger partial charge in [-0.3, -0.25) is 4.79 Å². The van der Waals surface area contributed by atoms with Gasteiger partial charge < -0.3 is 5.32 Å².